The first-order valence-corrected chi connectivity index (χ1v) is 13.7. The van der Waals surface area contributed by atoms with Crippen molar-refractivity contribution in [3.05, 3.63) is 70.0 Å². The van der Waals surface area contributed by atoms with Crippen molar-refractivity contribution in [2.24, 2.45) is 0 Å². The molecular formula is C29H37N7O4. The summed E-state index contributed by atoms with van der Waals surface area (Å²) in [5.74, 6) is 1.72. The summed E-state index contributed by atoms with van der Waals surface area (Å²) >= 11 is 0. The summed E-state index contributed by atoms with van der Waals surface area (Å²) in [6.45, 7) is 8.15. The Labute approximate surface area is 233 Å². The van der Waals surface area contributed by atoms with Gasteiger partial charge in [-0.2, -0.15) is 0 Å². The van der Waals surface area contributed by atoms with Gasteiger partial charge in [0.15, 0.2) is 17.3 Å². The van der Waals surface area contributed by atoms with Gasteiger partial charge >= 0.3 is 0 Å². The fraction of sp³-hybridized carbons (Fsp3) is 0.483. The maximum Gasteiger partial charge on any atom is 0.253 e. The molecule has 40 heavy (non-hydrogen) atoms. The average molecular weight is 548 g/mol. The molecule has 2 atom stereocenters. The van der Waals surface area contributed by atoms with Crippen molar-refractivity contribution in [3.8, 4) is 11.5 Å². The van der Waals surface area contributed by atoms with Crippen molar-refractivity contribution >= 4 is 10.9 Å². The fourth-order valence-corrected chi connectivity index (χ4v) is 5.23. The molecule has 11 nitrogen and oxygen atoms in total. The van der Waals surface area contributed by atoms with Crippen LogP contribution in [0.15, 0.2) is 47.5 Å². The molecule has 0 unspecified atom stereocenters. The van der Waals surface area contributed by atoms with Gasteiger partial charge in [-0.3, -0.25) is 14.7 Å². The van der Waals surface area contributed by atoms with E-state index < -0.39 is 6.04 Å². The van der Waals surface area contributed by atoms with Crippen LogP contribution in [0, 0.1) is 0 Å². The van der Waals surface area contributed by atoms with E-state index in [9.17, 15) is 4.79 Å². The van der Waals surface area contributed by atoms with Gasteiger partial charge in [0.1, 0.15) is 6.04 Å². The number of hydrogen-bond donors (Lipinski definition) is 1. The molecule has 1 N–H and O–H groups in total. The molecule has 0 radical (unpaired) electrons. The van der Waals surface area contributed by atoms with Crippen molar-refractivity contribution in [1.29, 1.82) is 0 Å². The predicted octanol–water partition coefficient (Wildman–Crippen LogP) is 3.84. The molecule has 1 aliphatic heterocycles. The van der Waals surface area contributed by atoms with Gasteiger partial charge in [0.25, 0.3) is 5.56 Å². The smallest absolute Gasteiger partial charge is 0.253 e. The standard InChI is InChI=1S/C29H37N7O4/c1-6-29(2,3)36-27(32-33-34-36)26(35(18-21-10-8-12-40-21)17-19-9-7-11-30-16-19)22-13-20-14-24(38-4)25(39-5)15-23(20)31-28(22)37/h7,9,11,13-16,21,26H,6,8,10,12,17-18H2,1-5H3,(H,31,37)/t21-,26-/m1/s1. The maximum atomic E-state index is 13.9. The van der Waals surface area contributed by atoms with Crippen molar-refractivity contribution < 1.29 is 14.2 Å². The number of methoxy groups -OCH3 is 2. The first-order valence-electron chi connectivity index (χ1n) is 13.7. The number of nitrogens with one attached hydrogen (secondary N) is 1. The van der Waals surface area contributed by atoms with E-state index in [0.717, 1.165) is 36.8 Å². The average Bonchev–Trinajstić information content (AvgIpc) is 3.66. The van der Waals surface area contributed by atoms with E-state index in [4.69, 9.17) is 14.2 Å². The third-order valence-electron chi connectivity index (χ3n) is 7.78. The van der Waals surface area contributed by atoms with Crippen LogP contribution in [0.1, 0.15) is 63.0 Å². The Morgan fingerprint density at radius 3 is 2.70 bits per heavy atom. The Bertz CT molecular complexity index is 1500. The van der Waals surface area contributed by atoms with Gasteiger partial charge in [-0.05, 0) is 67.3 Å². The number of hydrogen-bond acceptors (Lipinski definition) is 9. The summed E-state index contributed by atoms with van der Waals surface area (Å²) in [6.07, 6.45) is 6.40. The number of nitrogens with zero attached hydrogens (tertiary/aromatic N) is 6. The van der Waals surface area contributed by atoms with Crippen molar-refractivity contribution in [2.75, 3.05) is 27.4 Å². The summed E-state index contributed by atoms with van der Waals surface area (Å²) in [7, 11) is 3.17. The third kappa shape index (κ3) is 5.57. The van der Waals surface area contributed by atoms with Gasteiger partial charge < -0.3 is 19.2 Å². The summed E-state index contributed by atoms with van der Waals surface area (Å²) in [5, 5.41) is 13.8. The van der Waals surface area contributed by atoms with Crippen molar-refractivity contribution in [2.45, 2.75) is 64.3 Å². The first kappa shape index (κ1) is 27.7. The van der Waals surface area contributed by atoms with Gasteiger partial charge in [-0.15, -0.1) is 5.10 Å². The Morgan fingerprint density at radius 2 is 2.02 bits per heavy atom. The molecule has 4 heterocycles. The van der Waals surface area contributed by atoms with Crippen LogP contribution >= 0.6 is 0 Å². The first-order chi connectivity index (χ1) is 19.3. The van der Waals surface area contributed by atoms with Crippen molar-refractivity contribution in [3.63, 3.8) is 0 Å². The highest BCUT2D eigenvalue weighted by molar-refractivity contribution is 5.83. The highest BCUT2D eigenvalue weighted by atomic mass is 16.5. The lowest BCUT2D eigenvalue weighted by molar-refractivity contribution is 0.0562. The van der Waals surface area contributed by atoms with Crippen LogP contribution in [0.25, 0.3) is 10.9 Å². The molecule has 1 saturated heterocycles. The minimum absolute atomic E-state index is 0.0339. The summed E-state index contributed by atoms with van der Waals surface area (Å²) in [5.41, 5.74) is 1.60. The van der Waals surface area contributed by atoms with E-state index in [2.05, 4.69) is 51.2 Å². The van der Waals surface area contributed by atoms with E-state index in [1.54, 1.807) is 26.5 Å². The molecule has 0 saturated carbocycles. The molecule has 212 valence electrons. The zero-order chi connectivity index (χ0) is 28.3. The fourth-order valence-electron chi connectivity index (χ4n) is 5.23. The summed E-state index contributed by atoms with van der Waals surface area (Å²) in [4.78, 5) is 23.5. The van der Waals surface area contributed by atoms with Crippen LogP contribution < -0.4 is 15.0 Å². The number of tetrazole rings is 1. The van der Waals surface area contributed by atoms with Gasteiger partial charge in [-0.25, -0.2) is 4.68 Å². The highest BCUT2D eigenvalue weighted by Crippen LogP contribution is 2.35. The number of pyridine rings is 2. The number of aromatic amines is 1. The van der Waals surface area contributed by atoms with Gasteiger partial charge in [0.2, 0.25) is 0 Å². The number of ether oxygens (including phenoxy) is 3. The topological polar surface area (TPSA) is 120 Å². The van der Waals surface area contributed by atoms with Crippen LogP contribution in [-0.2, 0) is 16.8 Å². The second-order valence-corrected chi connectivity index (χ2v) is 10.8. The van der Waals surface area contributed by atoms with E-state index in [-0.39, 0.29) is 17.2 Å². The molecule has 0 spiro atoms. The molecule has 0 bridgehead atoms. The van der Waals surface area contributed by atoms with E-state index in [0.29, 0.717) is 41.5 Å². The lowest BCUT2D eigenvalue weighted by atomic mass is 9.98. The van der Waals surface area contributed by atoms with Crippen molar-refractivity contribution in [1.82, 2.24) is 35.1 Å². The zero-order valence-corrected chi connectivity index (χ0v) is 23.8. The normalized spacial score (nSPS) is 16.5. The van der Waals surface area contributed by atoms with Crippen LogP contribution in [0.5, 0.6) is 11.5 Å². The molecule has 0 aliphatic carbocycles. The van der Waals surface area contributed by atoms with Crippen LogP contribution in [-0.4, -0.2) is 68.6 Å². The summed E-state index contributed by atoms with van der Waals surface area (Å²) < 4.78 is 18.9. The van der Waals surface area contributed by atoms with Gasteiger partial charge in [-0.1, -0.05) is 13.0 Å². The number of rotatable bonds is 11. The lowest BCUT2D eigenvalue weighted by Crippen LogP contribution is -2.41. The van der Waals surface area contributed by atoms with Gasteiger partial charge in [0.05, 0.1) is 31.4 Å². The molecule has 4 aromatic rings. The molecule has 3 aromatic heterocycles. The third-order valence-corrected chi connectivity index (χ3v) is 7.78. The van der Waals surface area contributed by atoms with Crippen LogP contribution in [0.4, 0.5) is 0 Å². The SMILES string of the molecule is CCC(C)(C)n1nnnc1[C@@H](c1cc2cc(OC)c(OC)cc2[nH]c1=O)N(Cc1cccnc1)C[C@H]1CCCO1. The molecule has 1 aromatic carbocycles. The van der Waals surface area contributed by atoms with Crippen LogP contribution in [0.2, 0.25) is 0 Å². The number of aromatic nitrogens is 6. The second kappa shape index (κ2) is 11.7. The molecule has 5 rings (SSSR count). The highest BCUT2D eigenvalue weighted by Gasteiger charge is 2.36. The lowest BCUT2D eigenvalue weighted by Gasteiger charge is -2.34. The number of fused-ring (bicyclic) bond motifs is 1. The molecule has 1 aliphatic rings. The quantitative estimate of drug-likeness (QED) is 0.299. The maximum absolute atomic E-state index is 13.9. The van der Waals surface area contributed by atoms with E-state index in [1.165, 1.54) is 0 Å². The van der Waals surface area contributed by atoms with Gasteiger partial charge in [0, 0.05) is 49.1 Å². The molecule has 0 amide bonds. The Balaban J connectivity index is 1.72. The van der Waals surface area contributed by atoms with Crippen LogP contribution in [0.3, 0.4) is 0 Å². The van der Waals surface area contributed by atoms with E-state index >= 15 is 0 Å². The Morgan fingerprint density at radius 1 is 1.23 bits per heavy atom. The predicted molar refractivity (Wildman–Crippen MR) is 151 cm³/mol. The molecule has 11 heteroatoms. The molecule has 1 fully saturated rings. The Hall–Kier alpha value is -3.83. The second-order valence-electron chi connectivity index (χ2n) is 10.8. The zero-order valence-electron chi connectivity index (χ0n) is 23.8. The number of benzene rings is 1. The largest absolute Gasteiger partial charge is 0.493 e. The minimum Gasteiger partial charge on any atom is -0.493 e. The van der Waals surface area contributed by atoms with E-state index in [1.807, 2.05) is 35.1 Å². The summed E-state index contributed by atoms with van der Waals surface area (Å²) in [6, 6.07) is 8.94. The minimum atomic E-state index is -0.563. The Kier molecular flexibility index (Phi) is 8.13. The monoisotopic (exact) mass is 547 g/mol. The number of H-pyrrole nitrogens is 1. The molecular weight excluding hydrogens is 510 g/mol.